The topological polar surface area (TPSA) is 49.4 Å². The number of rotatable bonds is 5. The summed E-state index contributed by atoms with van der Waals surface area (Å²) in [6.07, 6.45) is 0.796. The molecule has 0 atom stereocenters. The molecule has 1 heterocycles. The number of carbonyl (C=O) groups excluding carboxylic acids is 2. The maximum absolute atomic E-state index is 12.7. The smallest absolute Gasteiger partial charge is 0.279 e. The Labute approximate surface area is 156 Å². The molecule has 0 fully saturated rings. The van der Waals surface area contributed by atoms with Crippen LogP contribution in [0.3, 0.4) is 0 Å². The Morgan fingerprint density at radius 2 is 1.64 bits per heavy atom. The zero-order valence-corrected chi connectivity index (χ0v) is 15.1. The first-order chi connectivity index (χ1) is 12.0. The molecular formula is C19H16Cl2N2O2. The number of para-hydroxylation sites is 1. The molecule has 3 rings (SSSR count). The summed E-state index contributed by atoms with van der Waals surface area (Å²) in [5.74, 6) is -0.936. The molecule has 0 unspecified atom stereocenters. The van der Waals surface area contributed by atoms with Crippen molar-refractivity contribution in [1.29, 1.82) is 0 Å². The lowest BCUT2D eigenvalue weighted by molar-refractivity contribution is -0.138. The van der Waals surface area contributed by atoms with Crippen molar-refractivity contribution in [3.63, 3.8) is 0 Å². The number of benzene rings is 2. The second-order valence-corrected chi connectivity index (χ2v) is 6.46. The molecule has 1 aliphatic rings. The Kier molecular flexibility index (Phi) is 5.11. The summed E-state index contributed by atoms with van der Waals surface area (Å²) < 4.78 is 0. The molecule has 0 aliphatic carbocycles. The van der Waals surface area contributed by atoms with Crippen molar-refractivity contribution < 1.29 is 9.59 Å². The normalized spacial score (nSPS) is 14.4. The number of aryl methyl sites for hydroxylation is 1. The molecule has 2 aromatic carbocycles. The maximum atomic E-state index is 12.7. The molecule has 0 radical (unpaired) electrons. The summed E-state index contributed by atoms with van der Waals surface area (Å²) in [6.45, 7) is 2.16. The molecule has 0 saturated heterocycles. The Hall–Kier alpha value is -2.30. The number of carbonyl (C=O) groups is 2. The summed E-state index contributed by atoms with van der Waals surface area (Å²) in [4.78, 5) is 26.2. The number of imide groups is 1. The Morgan fingerprint density at radius 1 is 0.960 bits per heavy atom. The average Bonchev–Trinajstić information content (AvgIpc) is 2.82. The van der Waals surface area contributed by atoms with Crippen LogP contribution in [0, 0.1) is 0 Å². The fraction of sp³-hybridized carbons (Fsp3) is 0.158. The van der Waals surface area contributed by atoms with Crippen LogP contribution in [0.4, 0.5) is 5.69 Å². The van der Waals surface area contributed by atoms with E-state index < -0.39 is 11.8 Å². The average molecular weight is 375 g/mol. The maximum Gasteiger partial charge on any atom is 0.279 e. The van der Waals surface area contributed by atoms with Gasteiger partial charge in [0.25, 0.3) is 11.8 Å². The van der Waals surface area contributed by atoms with Crippen molar-refractivity contribution in [2.24, 2.45) is 0 Å². The highest BCUT2D eigenvalue weighted by Gasteiger charge is 2.37. The largest absolute Gasteiger partial charge is 0.349 e. The SMILES string of the molecule is CCc1ccccc1NC1=C(Cl)C(=O)N(Cc2ccc(Cl)cc2)C1=O. The minimum absolute atomic E-state index is 0.0927. The van der Waals surface area contributed by atoms with Crippen LogP contribution in [-0.2, 0) is 22.6 Å². The van der Waals surface area contributed by atoms with Crippen LogP contribution in [0.1, 0.15) is 18.1 Å². The Balaban J connectivity index is 1.83. The number of halogens is 2. The first-order valence-electron chi connectivity index (χ1n) is 7.86. The van der Waals surface area contributed by atoms with Gasteiger partial charge in [0.15, 0.2) is 0 Å². The van der Waals surface area contributed by atoms with Crippen LogP contribution in [0.25, 0.3) is 0 Å². The fourth-order valence-corrected chi connectivity index (χ4v) is 3.01. The van der Waals surface area contributed by atoms with Gasteiger partial charge in [-0.15, -0.1) is 0 Å². The van der Waals surface area contributed by atoms with Gasteiger partial charge in [0.2, 0.25) is 0 Å². The fourth-order valence-electron chi connectivity index (χ4n) is 2.66. The second kappa shape index (κ2) is 7.30. The van der Waals surface area contributed by atoms with Gasteiger partial charge in [-0.05, 0) is 35.7 Å². The van der Waals surface area contributed by atoms with Crippen molar-refractivity contribution in [3.8, 4) is 0 Å². The molecule has 0 bridgehead atoms. The van der Waals surface area contributed by atoms with E-state index in [0.29, 0.717) is 5.02 Å². The van der Waals surface area contributed by atoms with Gasteiger partial charge in [-0.3, -0.25) is 14.5 Å². The third-order valence-corrected chi connectivity index (χ3v) is 4.63. The van der Waals surface area contributed by atoms with Gasteiger partial charge < -0.3 is 5.32 Å². The van der Waals surface area contributed by atoms with Gasteiger partial charge in [0.1, 0.15) is 10.7 Å². The molecule has 1 aliphatic heterocycles. The van der Waals surface area contributed by atoms with E-state index >= 15 is 0 Å². The van der Waals surface area contributed by atoms with E-state index in [2.05, 4.69) is 5.32 Å². The van der Waals surface area contributed by atoms with Crippen molar-refractivity contribution in [2.75, 3.05) is 5.32 Å². The van der Waals surface area contributed by atoms with Crippen LogP contribution in [0.2, 0.25) is 5.02 Å². The van der Waals surface area contributed by atoms with Gasteiger partial charge in [-0.2, -0.15) is 0 Å². The summed E-state index contributed by atoms with van der Waals surface area (Å²) >= 11 is 12.0. The van der Waals surface area contributed by atoms with Gasteiger partial charge in [0, 0.05) is 10.7 Å². The van der Waals surface area contributed by atoms with Gasteiger partial charge in [-0.1, -0.05) is 60.5 Å². The number of anilines is 1. The highest BCUT2D eigenvalue weighted by atomic mass is 35.5. The van der Waals surface area contributed by atoms with Crippen LogP contribution < -0.4 is 5.32 Å². The summed E-state index contributed by atoms with van der Waals surface area (Å²) in [6, 6.07) is 14.6. The standard InChI is InChI=1S/C19H16Cl2N2O2/c1-2-13-5-3-4-6-15(13)22-17-16(21)18(24)23(19(17)25)11-12-7-9-14(20)10-8-12/h3-10,22H,2,11H2,1H3. The summed E-state index contributed by atoms with van der Waals surface area (Å²) in [7, 11) is 0. The summed E-state index contributed by atoms with van der Waals surface area (Å²) in [5.41, 5.74) is 2.72. The number of hydrogen-bond donors (Lipinski definition) is 1. The molecule has 0 aromatic heterocycles. The lowest BCUT2D eigenvalue weighted by Gasteiger charge is -2.16. The van der Waals surface area contributed by atoms with E-state index in [1.807, 2.05) is 31.2 Å². The highest BCUT2D eigenvalue weighted by molar-refractivity contribution is 6.48. The molecule has 128 valence electrons. The van der Waals surface area contributed by atoms with E-state index in [0.717, 1.165) is 28.1 Å². The van der Waals surface area contributed by atoms with E-state index in [1.165, 1.54) is 0 Å². The minimum atomic E-state index is -0.502. The van der Waals surface area contributed by atoms with E-state index in [4.69, 9.17) is 23.2 Å². The lowest BCUT2D eigenvalue weighted by atomic mass is 10.1. The molecule has 1 N–H and O–H groups in total. The van der Waals surface area contributed by atoms with Gasteiger partial charge in [-0.25, -0.2) is 0 Å². The van der Waals surface area contributed by atoms with Crippen molar-refractivity contribution in [1.82, 2.24) is 4.90 Å². The number of nitrogens with zero attached hydrogens (tertiary/aromatic N) is 1. The lowest BCUT2D eigenvalue weighted by Crippen LogP contribution is -2.31. The first kappa shape index (κ1) is 17.5. The Bertz CT molecular complexity index is 860. The quantitative estimate of drug-likeness (QED) is 0.792. The zero-order valence-electron chi connectivity index (χ0n) is 13.6. The van der Waals surface area contributed by atoms with Crippen molar-refractivity contribution >= 4 is 40.7 Å². The zero-order chi connectivity index (χ0) is 18.0. The van der Waals surface area contributed by atoms with Crippen molar-refractivity contribution in [3.05, 3.63) is 75.4 Å². The van der Waals surface area contributed by atoms with Crippen molar-refractivity contribution in [2.45, 2.75) is 19.9 Å². The van der Waals surface area contributed by atoms with E-state index in [9.17, 15) is 9.59 Å². The molecule has 0 saturated carbocycles. The van der Waals surface area contributed by atoms with Crippen LogP contribution in [0.5, 0.6) is 0 Å². The van der Waals surface area contributed by atoms with Crippen LogP contribution in [-0.4, -0.2) is 16.7 Å². The van der Waals surface area contributed by atoms with E-state index in [1.54, 1.807) is 24.3 Å². The predicted molar refractivity (Wildman–Crippen MR) is 99.3 cm³/mol. The highest BCUT2D eigenvalue weighted by Crippen LogP contribution is 2.28. The molecule has 2 aromatic rings. The van der Waals surface area contributed by atoms with Gasteiger partial charge in [0.05, 0.1) is 6.54 Å². The number of hydrogen-bond acceptors (Lipinski definition) is 3. The van der Waals surface area contributed by atoms with Crippen LogP contribution >= 0.6 is 23.2 Å². The third-order valence-electron chi connectivity index (χ3n) is 4.02. The minimum Gasteiger partial charge on any atom is -0.349 e. The summed E-state index contributed by atoms with van der Waals surface area (Å²) in [5, 5.41) is 3.53. The van der Waals surface area contributed by atoms with Crippen LogP contribution in [0.15, 0.2) is 59.3 Å². The number of amides is 2. The molecule has 4 nitrogen and oxygen atoms in total. The predicted octanol–water partition coefficient (Wildman–Crippen LogP) is 4.33. The number of nitrogens with one attached hydrogen (secondary N) is 1. The first-order valence-corrected chi connectivity index (χ1v) is 8.62. The molecule has 6 heteroatoms. The Morgan fingerprint density at radius 3 is 2.32 bits per heavy atom. The molecule has 2 amide bonds. The second-order valence-electron chi connectivity index (χ2n) is 5.65. The molecule has 25 heavy (non-hydrogen) atoms. The van der Waals surface area contributed by atoms with E-state index in [-0.39, 0.29) is 17.3 Å². The monoisotopic (exact) mass is 374 g/mol. The molecule has 0 spiro atoms. The van der Waals surface area contributed by atoms with Gasteiger partial charge >= 0.3 is 0 Å². The third kappa shape index (κ3) is 3.55. The molecular weight excluding hydrogens is 359 g/mol.